The lowest BCUT2D eigenvalue weighted by Gasteiger charge is -2.04. The van der Waals surface area contributed by atoms with E-state index in [0.29, 0.717) is 17.0 Å². The number of nitro benzene ring substituents is 1. The summed E-state index contributed by atoms with van der Waals surface area (Å²) in [5, 5.41) is 21.4. The van der Waals surface area contributed by atoms with E-state index < -0.39 is 4.92 Å². The Labute approximate surface area is 130 Å². The van der Waals surface area contributed by atoms with Crippen LogP contribution in [0.2, 0.25) is 0 Å². The number of pyridine rings is 1. The molecule has 1 amide bonds. The van der Waals surface area contributed by atoms with E-state index in [2.05, 4.69) is 15.5 Å². The molecule has 23 heavy (non-hydrogen) atoms. The van der Waals surface area contributed by atoms with Crippen molar-refractivity contribution in [2.75, 3.05) is 0 Å². The molecule has 0 fully saturated rings. The van der Waals surface area contributed by atoms with Gasteiger partial charge in [0.1, 0.15) is 0 Å². The molecule has 0 spiro atoms. The highest BCUT2D eigenvalue weighted by Crippen LogP contribution is 2.12. The number of fused-ring (bicyclic) bond motifs is 1. The molecule has 0 aliphatic carbocycles. The second kappa shape index (κ2) is 6.22. The molecule has 0 saturated heterocycles. The van der Waals surface area contributed by atoms with E-state index in [4.69, 9.17) is 0 Å². The van der Waals surface area contributed by atoms with Crippen molar-refractivity contribution >= 4 is 17.2 Å². The monoisotopic (exact) mass is 311 g/mol. The van der Waals surface area contributed by atoms with Gasteiger partial charge in [0.25, 0.3) is 5.69 Å². The summed E-state index contributed by atoms with van der Waals surface area (Å²) in [5.74, 6) is 0.448. The number of carbonyl (C=O) groups excluding carboxylic acids is 1. The molecule has 3 rings (SSSR count). The maximum Gasteiger partial charge on any atom is 0.269 e. The Morgan fingerprint density at radius 3 is 2.70 bits per heavy atom. The number of nitro groups is 1. The second-order valence-electron chi connectivity index (χ2n) is 4.92. The summed E-state index contributed by atoms with van der Waals surface area (Å²) < 4.78 is 1.80. The van der Waals surface area contributed by atoms with Crippen LogP contribution in [0.1, 0.15) is 11.4 Å². The Balaban J connectivity index is 1.60. The Hall–Kier alpha value is -3.29. The summed E-state index contributed by atoms with van der Waals surface area (Å²) in [6.45, 7) is 0.261. The molecule has 0 saturated carbocycles. The first-order valence-electron chi connectivity index (χ1n) is 6.92. The molecule has 8 nitrogen and oxygen atoms in total. The normalized spacial score (nSPS) is 10.6. The van der Waals surface area contributed by atoms with Crippen molar-refractivity contribution in [1.29, 1.82) is 0 Å². The molecule has 0 unspecified atom stereocenters. The summed E-state index contributed by atoms with van der Waals surface area (Å²) in [5.41, 5.74) is 1.43. The maximum atomic E-state index is 12.0. The third-order valence-corrected chi connectivity index (χ3v) is 3.34. The van der Waals surface area contributed by atoms with Gasteiger partial charge >= 0.3 is 0 Å². The quantitative estimate of drug-likeness (QED) is 0.568. The molecular formula is C15H13N5O3. The predicted molar refractivity (Wildman–Crippen MR) is 81.6 cm³/mol. The first-order chi connectivity index (χ1) is 11.1. The van der Waals surface area contributed by atoms with Crippen molar-refractivity contribution in [1.82, 2.24) is 19.9 Å². The van der Waals surface area contributed by atoms with E-state index in [9.17, 15) is 14.9 Å². The van der Waals surface area contributed by atoms with Gasteiger partial charge < -0.3 is 5.32 Å². The third-order valence-electron chi connectivity index (χ3n) is 3.34. The molecule has 1 N–H and O–H groups in total. The SMILES string of the molecule is O=C(Cc1ccc([N+](=O)[O-])cc1)NCc1nnc2ccccn12. The minimum atomic E-state index is -0.472. The predicted octanol–water partition coefficient (Wildman–Crippen LogP) is 1.50. The van der Waals surface area contributed by atoms with Crippen molar-refractivity contribution in [3.05, 3.63) is 70.2 Å². The smallest absolute Gasteiger partial charge is 0.269 e. The van der Waals surface area contributed by atoms with Crippen LogP contribution in [0, 0.1) is 10.1 Å². The number of non-ortho nitro benzene ring substituents is 1. The van der Waals surface area contributed by atoms with Gasteiger partial charge in [-0.15, -0.1) is 10.2 Å². The van der Waals surface area contributed by atoms with E-state index in [1.54, 1.807) is 16.5 Å². The Morgan fingerprint density at radius 2 is 1.96 bits per heavy atom. The van der Waals surface area contributed by atoms with Gasteiger partial charge in [-0.3, -0.25) is 19.3 Å². The van der Waals surface area contributed by atoms with Crippen molar-refractivity contribution in [2.45, 2.75) is 13.0 Å². The molecular weight excluding hydrogens is 298 g/mol. The van der Waals surface area contributed by atoms with Gasteiger partial charge in [-0.05, 0) is 17.7 Å². The fourth-order valence-corrected chi connectivity index (χ4v) is 2.17. The average molecular weight is 311 g/mol. The molecule has 8 heteroatoms. The van der Waals surface area contributed by atoms with Crippen LogP contribution in [0.5, 0.6) is 0 Å². The number of amides is 1. The number of rotatable bonds is 5. The second-order valence-corrected chi connectivity index (χ2v) is 4.92. The molecule has 0 aliphatic rings. The number of hydrogen-bond acceptors (Lipinski definition) is 5. The van der Waals surface area contributed by atoms with Gasteiger partial charge in [0.15, 0.2) is 11.5 Å². The molecule has 0 bridgehead atoms. The van der Waals surface area contributed by atoms with Crippen LogP contribution < -0.4 is 5.32 Å². The van der Waals surface area contributed by atoms with Gasteiger partial charge in [0, 0.05) is 18.3 Å². The molecule has 1 aromatic carbocycles. The van der Waals surface area contributed by atoms with E-state index in [0.717, 1.165) is 0 Å². The summed E-state index contributed by atoms with van der Waals surface area (Å²) in [6, 6.07) is 11.5. The maximum absolute atomic E-state index is 12.0. The summed E-state index contributed by atoms with van der Waals surface area (Å²) in [6.07, 6.45) is 1.97. The standard InChI is InChI=1S/C15H13N5O3/c21-15(9-11-4-6-12(7-5-11)20(22)23)16-10-14-18-17-13-3-1-2-8-19(13)14/h1-8H,9-10H2,(H,16,21). The topological polar surface area (TPSA) is 102 Å². The van der Waals surface area contributed by atoms with Gasteiger partial charge in [-0.25, -0.2) is 0 Å². The first kappa shape index (κ1) is 14.6. The van der Waals surface area contributed by atoms with Crippen LogP contribution in [-0.4, -0.2) is 25.4 Å². The molecule has 2 aromatic heterocycles. The van der Waals surface area contributed by atoms with Crippen LogP contribution in [-0.2, 0) is 17.8 Å². The van der Waals surface area contributed by atoms with Crippen molar-refractivity contribution in [3.63, 3.8) is 0 Å². The fraction of sp³-hybridized carbons (Fsp3) is 0.133. The number of benzene rings is 1. The van der Waals surface area contributed by atoms with Crippen LogP contribution in [0.3, 0.4) is 0 Å². The zero-order chi connectivity index (χ0) is 16.2. The molecule has 0 atom stereocenters. The van der Waals surface area contributed by atoms with E-state index >= 15 is 0 Å². The van der Waals surface area contributed by atoms with E-state index in [-0.39, 0.29) is 24.6 Å². The van der Waals surface area contributed by atoms with Crippen LogP contribution in [0.15, 0.2) is 48.7 Å². The zero-order valence-electron chi connectivity index (χ0n) is 12.0. The van der Waals surface area contributed by atoms with Gasteiger partial charge in [0.05, 0.1) is 17.9 Å². The van der Waals surface area contributed by atoms with Crippen molar-refractivity contribution in [2.24, 2.45) is 0 Å². The molecule has 3 aromatic rings. The lowest BCUT2D eigenvalue weighted by Crippen LogP contribution is -2.25. The lowest BCUT2D eigenvalue weighted by atomic mass is 10.1. The number of carbonyl (C=O) groups is 1. The minimum absolute atomic E-state index is 0.00379. The molecule has 116 valence electrons. The largest absolute Gasteiger partial charge is 0.348 e. The summed E-state index contributed by atoms with van der Waals surface area (Å²) in [7, 11) is 0. The van der Waals surface area contributed by atoms with Gasteiger partial charge in [-0.2, -0.15) is 0 Å². The number of nitrogens with one attached hydrogen (secondary N) is 1. The van der Waals surface area contributed by atoms with Gasteiger partial charge in [0.2, 0.25) is 5.91 Å². The Kier molecular flexibility index (Phi) is 3.96. The highest BCUT2D eigenvalue weighted by atomic mass is 16.6. The number of nitrogens with zero attached hydrogens (tertiary/aromatic N) is 4. The van der Waals surface area contributed by atoms with Crippen LogP contribution in [0.4, 0.5) is 5.69 Å². The van der Waals surface area contributed by atoms with Crippen LogP contribution in [0.25, 0.3) is 5.65 Å². The number of hydrogen-bond donors (Lipinski definition) is 1. The zero-order valence-corrected chi connectivity index (χ0v) is 12.0. The van der Waals surface area contributed by atoms with Crippen molar-refractivity contribution < 1.29 is 9.72 Å². The highest BCUT2D eigenvalue weighted by Gasteiger charge is 2.09. The minimum Gasteiger partial charge on any atom is -0.348 e. The van der Waals surface area contributed by atoms with Crippen LogP contribution >= 0.6 is 0 Å². The van der Waals surface area contributed by atoms with Crippen molar-refractivity contribution in [3.8, 4) is 0 Å². The fourth-order valence-electron chi connectivity index (χ4n) is 2.17. The highest BCUT2D eigenvalue weighted by molar-refractivity contribution is 5.78. The van der Waals surface area contributed by atoms with Gasteiger partial charge in [-0.1, -0.05) is 18.2 Å². The molecule has 0 radical (unpaired) electrons. The lowest BCUT2D eigenvalue weighted by molar-refractivity contribution is -0.384. The third kappa shape index (κ3) is 3.31. The Morgan fingerprint density at radius 1 is 1.17 bits per heavy atom. The molecule has 0 aliphatic heterocycles. The summed E-state index contributed by atoms with van der Waals surface area (Å²) >= 11 is 0. The van der Waals surface area contributed by atoms with E-state index in [1.165, 1.54) is 12.1 Å². The molecule has 2 heterocycles. The van der Waals surface area contributed by atoms with E-state index in [1.807, 2.05) is 24.4 Å². The number of aromatic nitrogens is 3. The summed E-state index contributed by atoms with van der Waals surface area (Å²) in [4.78, 5) is 22.1. The Bertz CT molecular complexity index is 857. The average Bonchev–Trinajstić information content (AvgIpc) is 2.97. The first-order valence-corrected chi connectivity index (χ1v) is 6.92.